The number of halogens is 1. The average Bonchev–Trinajstić information content (AvgIpc) is 2.87. The third-order valence-electron chi connectivity index (χ3n) is 5.19. The van der Waals surface area contributed by atoms with E-state index < -0.39 is 11.8 Å². The molecule has 4 rings (SSSR count). The number of hydrogen-bond donors (Lipinski definition) is 1. The van der Waals surface area contributed by atoms with Crippen molar-refractivity contribution < 1.29 is 28.5 Å². The van der Waals surface area contributed by atoms with Gasteiger partial charge in [0.15, 0.2) is 11.6 Å². The van der Waals surface area contributed by atoms with Crippen LogP contribution in [0.1, 0.15) is 23.1 Å². The first-order valence-electron chi connectivity index (χ1n) is 11.2. The molecule has 178 valence electrons. The van der Waals surface area contributed by atoms with Crippen LogP contribution in [0.3, 0.4) is 0 Å². The number of carbonyl (C=O) groups is 1. The van der Waals surface area contributed by atoms with E-state index in [9.17, 15) is 9.18 Å². The van der Waals surface area contributed by atoms with E-state index in [1.54, 1.807) is 12.1 Å². The van der Waals surface area contributed by atoms with E-state index in [4.69, 9.17) is 19.3 Å². The highest BCUT2D eigenvalue weighted by Gasteiger charge is 2.10. The fourth-order valence-electron chi connectivity index (χ4n) is 3.45. The van der Waals surface area contributed by atoms with E-state index in [0.29, 0.717) is 29.4 Å². The first-order valence-corrected chi connectivity index (χ1v) is 11.2. The third kappa shape index (κ3) is 7.33. The van der Waals surface area contributed by atoms with Gasteiger partial charge in [-0.15, -0.1) is 0 Å². The van der Waals surface area contributed by atoms with Crippen molar-refractivity contribution in [3.05, 3.63) is 120 Å². The summed E-state index contributed by atoms with van der Waals surface area (Å²) in [6.45, 7) is 0.488. The number of carboxylic acid groups (broad SMARTS) is 1. The Morgan fingerprint density at radius 1 is 0.686 bits per heavy atom. The van der Waals surface area contributed by atoms with Crippen molar-refractivity contribution in [3.63, 3.8) is 0 Å². The van der Waals surface area contributed by atoms with Crippen LogP contribution in [-0.4, -0.2) is 11.1 Å². The molecule has 0 amide bonds. The Labute approximate surface area is 203 Å². The fourth-order valence-corrected chi connectivity index (χ4v) is 3.45. The second-order valence-corrected chi connectivity index (χ2v) is 7.95. The van der Waals surface area contributed by atoms with E-state index in [1.165, 1.54) is 12.1 Å². The summed E-state index contributed by atoms with van der Waals surface area (Å²) in [6, 6.07) is 29.2. The molecule has 0 spiro atoms. The number of rotatable bonds is 11. The van der Waals surface area contributed by atoms with Gasteiger partial charge in [-0.1, -0.05) is 54.6 Å². The van der Waals surface area contributed by atoms with Crippen LogP contribution in [0, 0.1) is 5.82 Å². The molecule has 0 bridgehead atoms. The molecular formula is C29H25FO5. The second kappa shape index (κ2) is 11.7. The van der Waals surface area contributed by atoms with Crippen LogP contribution in [0.15, 0.2) is 97.1 Å². The first-order chi connectivity index (χ1) is 17.0. The summed E-state index contributed by atoms with van der Waals surface area (Å²) < 4.78 is 32.2. The molecule has 6 heteroatoms. The van der Waals surface area contributed by atoms with Crippen molar-refractivity contribution in [2.24, 2.45) is 0 Å². The maximum Gasteiger partial charge on any atom is 0.303 e. The van der Waals surface area contributed by atoms with Crippen LogP contribution in [0.5, 0.6) is 23.0 Å². The minimum absolute atomic E-state index is 0.0559. The van der Waals surface area contributed by atoms with Gasteiger partial charge in [0, 0.05) is 12.5 Å². The van der Waals surface area contributed by atoms with Gasteiger partial charge in [0.25, 0.3) is 0 Å². The smallest absolute Gasteiger partial charge is 0.303 e. The van der Waals surface area contributed by atoms with E-state index in [2.05, 4.69) is 0 Å². The highest BCUT2D eigenvalue weighted by atomic mass is 19.1. The normalized spacial score (nSPS) is 10.5. The van der Waals surface area contributed by atoms with Gasteiger partial charge in [0.05, 0.1) is 0 Å². The Kier molecular flexibility index (Phi) is 7.96. The summed E-state index contributed by atoms with van der Waals surface area (Å²) in [7, 11) is 0. The van der Waals surface area contributed by atoms with Gasteiger partial charge in [-0.05, 0) is 59.5 Å². The van der Waals surface area contributed by atoms with Gasteiger partial charge in [-0.2, -0.15) is 0 Å². The van der Waals surface area contributed by atoms with Crippen LogP contribution < -0.4 is 14.2 Å². The summed E-state index contributed by atoms with van der Waals surface area (Å²) in [5, 5.41) is 8.81. The molecule has 0 aliphatic heterocycles. The molecule has 0 unspecified atom stereocenters. The molecule has 0 saturated heterocycles. The molecule has 0 aromatic heterocycles. The molecule has 0 atom stereocenters. The minimum atomic E-state index is -0.923. The largest absolute Gasteiger partial charge is 0.489 e. The van der Waals surface area contributed by atoms with Gasteiger partial charge in [-0.25, -0.2) is 4.39 Å². The predicted molar refractivity (Wildman–Crippen MR) is 130 cm³/mol. The first kappa shape index (κ1) is 23.8. The molecule has 0 aliphatic rings. The van der Waals surface area contributed by atoms with E-state index in [-0.39, 0.29) is 25.2 Å². The SMILES string of the molecule is O=C(O)CCc1ccc(OCc2cc(OCc3ccccc3)cc(Oc3ccccc3)c2)c(F)c1. The molecule has 4 aromatic rings. The van der Waals surface area contributed by atoms with Crippen molar-refractivity contribution in [3.8, 4) is 23.0 Å². The molecule has 5 nitrogen and oxygen atoms in total. The van der Waals surface area contributed by atoms with Gasteiger partial charge in [-0.3, -0.25) is 4.79 Å². The van der Waals surface area contributed by atoms with E-state index in [0.717, 1.165) is 11.1 Å². The van der Waals surface area contributed by atoms with Crippen molar-refractivity contribution in [1.29, 1.82) is 0 Å². The fraction of sp³-hybridized carbons (Fsp3) is 0.138. The van der Waals surface area contributed by atoms with Crippen LogP contribution in [0.4, 0.5) is 4.39 Å². The lowest BCUT2D eigenvalue weighted by molar-refractivity contribution is -0.136. The van der Waals surface area contributed by atoms with Crippen molar-refractivity contribution in [2.75, 3.05) is 0 Å². The van der Waals surface area contributed by atoms with Gasteiger partial charge in [0.2, 0.25) is 0 Å². The number of hydrogen-bond acceptors (Lipinski definition) is 4. The zero-order chi connectivity index (χ0) is 24.5. The van der Waals surface area contributed by atoms with E-state index >= 15 is 0 Å². The molecule has 35 heavy (non-hydrogen) atoms. The Morgan fingerprint density at radius 3 is 2.09 bits per heavy atom. The van der Waals surface area contributed by atoms with Crippen molar-refractivity contribution in [2.45, 2.75) is 26.1 Å². The van der Waals surface area contributed by atoms with Crippen molar-refractivity contribution in [1.82, 2.24) is 0 Å². The lowest BCUT2D eigenvalue weighted by Crippen LogP contribution is -2.02. The summed E-state index contributed by atoms with van der Waals surface area (Å²) >= 11 is 0. The van der Waals surface area contributed by atoms with Crippen LogP contribution in [-0.2, 0) is 24.4 Å². The predicted octanol–water partition coefficient (Wildman–Crippen LogP) is 6.79. The number of carboxylic acids is 1. The standard InChI is InChI=1S/C29H25FO5/c30-27-17-21(12-14-29(31)32)11-13-28(27)34-20-23-15-25(33-19-22-7-3-1-4-8-22)18-26(16-23)35-24-9-5-2-6-10-24/h1-11,13,15-18H,12,14,19-20H2,(H,31,32). The van der Waals surface area contributed by atoms with Gasteiger partial charge in [0.1, 0.15) is 30.5 Å². The highest BCUT2D eigenvalue weighted by Crippen LogP contribution is 2.29. The number of benzene rings is 4. The average molecular weight is 473 g/mol. The summed E-state index contributed by atoms with van der Waals surface area (Å²) in [5.41, 5.74) is 2.38. The lowest BCUT2D eigenvalue weighted by Gasteiger charge is -2.14. The van der Waals surface area contributed by atoms with Gasteiger partial charge < -0.3 is 19.3 Å². The van der Waals surface area contributed by atoms with Crippen LogP contribution in [0.25, 0.3) is 0 Å². The zero-order valence-corrected chi connectivity index (χ0v) is 19.0. The van der Waals surface area contributed by atoms with Gasteiger partial charge >= 0.3 is 5.97 Å². The Hall–Kier alpha value is -4.32. The quantitative estimate of drug-likeness (QED) is 0.260. The summed E-state index contributed by atoms with van der Waals surface area (Å²) in [4.78, 5) is 10.7. The topological polar surface area (TPSA) is 65.0 Å². The monoisotopic (exact) mass is 472 g/mol. The highest BCUT2D eigenvalue weighted by molar-refractivity contribution is 5.67. The molecule has 0 fully saturated rings. The molecule has 1 N–H and O–H groups in total. The molecule has 4 aromatic carbocycles. The number of aliphatic carboxylic acids is 1. The maximum absolute atomic E-state index is 14.5. The second-order valence-electron chi connectivity index (χ2n) is 7.95. The Morgan fingerprint density at radius 2 is 1.37 bits per heavy atom. The maximum atomic E-state index is 14.5. The summed E-state index contributed by atoms with van der Waals surface area (Å²) in [5.74, 6) is 0.488. The number of para-hydroxylation sites is 1. The molecule has 0 saturated carbocycles. The molecule has 0 aliphatic carbocycles. The molecule has 0 radical (unpaired) electrons. The summed E-state index contributed by atoms with van der Waals surface area (Å²) in [6.07, 6.45) is 0.202. The molecule has 0 heterocycles. The Balaban J connectivity index is 1.49. The van der Waals surface area contributed by atoms with Crippen LogP contribution in [0.2, 0.25) is 0 Å². The Bertz CT molecular complexity index is 1260. The third-order valence-corrected chi connectivity index (χ3v) is 5.19. The van der Waals surface area contributed by atoms with E-state index in [1.807, 2.05) is 72.8 Å². The molecular weight excluding hydrogens is 447 g/mol. The minimum Gasteiger partial charge on any atom is -0.489 e. The van der Waals surface area contributed by atoms with Crippen LogP contribution >= 0.6 is 0 Å². The zero-order valence-electron chi connectivity index (χ0n) is 19.0. The lowest BCUT2D eigenvalue weighted by atomic mass is 10.1. The number of aryl methyl sites for hydroxylation is 1. The van der Waals surface area contributed by atoms with Crippen molar-refractivity contribution >= 4 is 5.97 Å². The number of ether oxygens (including phenoxy) is 3.